The second-order valence-electron chi connectivity index (χ2n) is 5.56. The number of aliphatic hydroxyl groups excluding tert-OH is 1. The van der Waals surface area contributed by atoms with Gasteiger partial charge in [-0.25, -0.2) is 0 Å². The molecule has 0 aliphatic carbocycles. The van der Waals surface area contributed by atoms with E-state index in [1.54, 1.807) is 0 Å². The number of nitrogens with zero attached hydrogens (tertiary/aromatic N) is 7. The number of aliphatic hydroxyl groups is 2. The van der Waals surface area contributed by atoms with Crippen LogP contribution in [0.25, 0.3) is 20.9 Å². The topological polar surface area (TPSA) is 209 Å². The second-order valence-corrected chi connectivity index (χ2v) is 5.56. The highest BCUT2D eigenvalue weighted by atomic mass is 17.0. The van der Waals surface area contributed by atoms with Crippen molar-refractivity contribution in [1.82, 2.24) is 0 Å². The van der Waals surface area contributed by atoms with E-state index in [-0.39, 0.29) is 6.61 Å². The minimum absolute atomic E-state index is 0.138. The number of azide groups is 1. The van der Waals surface area contributed by atoms with E-state index in [1.807, 2.05) is 0 Å². The highest BCUT2D eigenvalue weighted by Crippen LogP contribution is 2.45. The Kier molecular flexibility index (Phi) is 4.99. The van der Waals surface area contributed by atoms with Crippen LogP contribution < -0.4 is 0 Å². The van der Waals surface area contributed by atoms with Crippen LogP contribution in [0.3, 0.4) is 0 Å². The maximum atomic E-state index is 11.0. The first-order valence-electron chi connectivity index (χ1n) is 6.87. The summed E-state index contributed by atoms with van der Waals surface area (Å²) in [6, 6.07) is 0. The molecule has 2 aliphatic heterocycles. The quantitative estimate of drug-likeness (QED) is 0.214. The average Bonchev–Trinajstić information content (AvgIpc) is 3.01. The molecule has 14 heteroatoms. The van der Waals surface area contributed by atoms with Gasteiger partial charge in [-0.15, -0.1) is 10.1 Å². The Labute approximate surface area is 134 Å². The Hall–Kier alpha value is -2.34. The van der Waals surface area contributed by atoms with Gasteiger partial charge in [-0.05, 0) is 24.4 Å². The van der Waals surface area contributed by atoms with Crippen LogP contribution in [0.4, 0.5) is 0 Å². The summed E-state index contributed by atoms with van der Waals surface area (Å²) >= 11 is 0. The van der Waals surface area contributed by atoms with E-state index in [0.717, 1.165) is 0 Å². The SMILES string of the molecule is CC(CC(N=[N+]=[N-])(N=[N+]=[N-])[C@]1(O)CO[C@@H]2[C@@H](O)CO[C@@H]21)O[N+](=O)[O-]. The molecule has 24 heavy (non-hydrogen) atoms. The summed E-state index contributed by atoms with van der Waals surface area (Å²) in [6.45, 7) is 0.669. The smallest absolute Gasteiger partial charge is 0.294 e. The van der Waals surface area contributed by atoms with E-state index in [0.29, 0.717) is 0 Å². The molecular weight excluding hydrogens is 330 g/mol. The number of fused-ring (bicyclic) bond motifs is 1. The molecule has 0 aromatic heterocycles. The van der Waals surface area contributed by atoms with Crippen molar-refractivity contribution in [2.75, 3.05) is 13.2 Å². The van der Waals surface area contributed by atoms with Crippen molar-refractivity contribution in [1.29, 1.82) is 0 Å². The summed E-state index contributed by atoms with van der Waals surface area (Å²) in [4.78, 5) is 20.0. The molecule has 0 radical (unpaired) electrons. The van der Waals surface area contributed by atoms with Gasteiger partial charge < -0.3 is 24.5 Å². The first kappa shape index (κ1) is 18.0. The van der Waals surface area contributed by atoms with E-state index in [1.165, 1.54) is 6.92 Å². The predicted molar refractivity (Wildman–Crippen MR) is 73.6 cm³/mol. The van der Waals surface area contributed by atoms with Crippen LogP contribution in [0, 0.1) is 10.1 Å². The van der Waals surface area contributed by atoms with Crippen LogP contribution in [0.2, 0.25) is 0 Å². The monoisotopic (exact) mass is 345 g/mol. The molecule has 1 unspecified atom stereocenters. The zero-order valence-corrected chi connectivity index (χ0v) is 12.5. The molecule has 0 saturated carbocycles. The number of hydrogen-bond acceptors (Lipinski definition) is 9. The Morgan fingerprint density at radius 3 is 2.67 bits per heavy atom. The fourth-order valence-electron chi connectivity index (χ4n) is 3.04. The number of hydrogen-bond donors (Lipinski definition) is 2. The molecule has 2 fully saturated rings. The summed E-state index contributed by atoms with van der Waals surface area (Å²) in [7, 11) is 0. The zero-order valence-electron chi connectivity index (χ0n) is 12.5. The van der Waals surface area contributed by atoms with Crippen LogP contribution in [0.5, 0.6) is 0 Å². The highest BCUT2D eigenvalue weighted by Gasteiger charge is 2.65. The van der Waals surface area contributed by atoms with Crippen LogP contribution >= 0.6 is 0 Å². The lowest BCUT2D eigenvalue weighted by Crippen LogP contribution is -2.60. The van der Waals surface area contributed by atoms with Gasteiger partial charge in [0.15, 0.2) is 5.66 Å². The third kappa shape index (κ3) is 2.89. The van der Waals surface area contributed by atoms with Gasteiger partial charge in [0, 0.05) is 9.82 Å². The molecule has 0 aromatic carbocycles. The summed E-state index contributed by atoms with van der Waals surface area (Å²) in [5.41, 5.74) is 13.3. The van der Waals surface area contributed by atoms with E-state index < -0.39 is 53.8 Å². The highest BCUT2D eigenvalue weighted by molar-refractivity contribution is 5.16. The molecule has 0 bridgehead atoms. The summed E-state index contributed by atoms with van der Waals surface area (Å²) < 4.78 is 10.6. The normalized spacial score (nSPS) is 35.0. The molecule has 2 saturated heterocycles. The van der Waals surface area contributed by atoms with E-state index in [9.17, 15) is 20.3 Å². The average molecular weight is 345 g/mol. The van der Waals surface area contributed by atoms with Gasteiger partial charge in [-0.3, -0.25) is 0 Å². The van der Waals surface area contributed by atoms with E-state index in [4.69, 9.17) is 20.5 Å². The Morgan fingerprint density at radius 1 is 1.50 bits per heavy atom. The van der Waals surface area contributed by atoms with Crippen molar-refractivity contribution in [3.8, 4) is 0 Å². The molecule has 2 N–H and O–H groups in total. The van der Waals surface area contributed by atoms with Crippen LogP contribution in [-0.2, 0) is 14.3 Å². The minimum atomic E-state index is -2.21. The largest absolute Gasteiger partial charge is 0.388 e. The lowest BCUT2D eigenvalue weighted by molar-refractivity contribution is -0.768. The maximum absolute atomic E-state index is 11.0. The van der Waals surface area contributed by atoms with Gasteiger partial charge in [0.25, 0.3) is 5.09 Å². The maximum Gasteiger partial charge on any atom is 0.294 e. The summed E-state index contributed by atoms with van der Waals surface area (Å²) in [6.07, 6.45) is -4.77. The van der Waals surface area contributed by atoms with Crippen molar-refractivity contribution in [3.63, 3.8) is 0 Å². The molecule has 2 rings (SSSR count). The van der Waals surface area contributed by atoms with E-state index in [2.05, 4.69) is 24.9 Å². The molecule has 5 atom stereocenters. The molecule has 0 aromatic rings. The molecular formula is C10H15N7O7. The van der Waals surface area contributed by atoms with Gasteiger partial charge in [0.05, 0.1) is 13.2 Å². The van der Waals surface area contributed by atoms with Crippen molar-refractivity contribution in [2.24, 2.45) is 10.2 Å². The zero-order chi connectivity index (χ0) is 18.0. The van der Waals surface area contributed by atoms with Gasteiger partial charge in [-0.1, -0.05) is 10.2 Å². The fourth-order valence-corrected chi connectivity index (χ4v) is 3.04. The first-order chi connectivity index (χ1) is 11.3. The Balaban J connectivity index is 2.43. The van der Waals surface area contributed by atoms with Crippen molar-refractivity contribution >= 4 is 0 Å². The van der Waals surface area contributed by atoms with E-state index >= 15 is 0 Å². The molecule has 2 heterocycles. The van der Waals surface area contributed by atoms with Crippen molar-refractivity contribution in [2.45, 2.75) is 49.0 Å². The lowest BCUT2D eigenvalue weighted by atomic mass is 9.80. The van der Waals surface area contributed by atoms with Gasteiger partial charge >= 0.3 is 0 Å². The van der Waals surface area contributed by atoms with Crippen LogP contribution in [-0.4, -0.2) is 64.2 Å². The lowest BCUT2D eigenvalue weighted by Gasteiger charge is -2.41. The first-order valence-corrected chi connectivity index (χ1v) is 6.87. The number of rotatable bonds is 7. The second kappa shape index (κ2) is 6.65. The standard InChI is InChI=1S/C10H15N7O7/c1-5(24-17(20)21)2-10(13-15-11,14-16-12)9(19)4-23-7-6(18)3-22-8(7)9/h5-8,18-19H,2-4H2,1H3/t5?,6-,7+,8-,9-/m0/s1. The number of ether oxygens (including phenoxy) is 2. The Bertz CT molecular complexity index is 586. The molecule has 2 aliphatic rings. The fraction of sp³-hybridized carbons (Fsp3) is 1.00. The summed E-state index contributed by atoms with van der Waals surface area (Å²) in [5, 5.41) is 37.0. The van der Waals surface area contributed by atoms with Crippen LogP contribution in [0.1, 0.15) is 13.3 Å². The minimum Gasteiger partial charge on any atom is -0.388 e. The summed E-state index contributed by atoms with van der Waals surface area (Å²) in [5.74, 6) is 0. The van der Waals surface area contributed by atoms with Crippen molar-refractivity contribution in [3.05, 3.63) is 31.0 Å². The molecule has 0 spiro atoms. The molecule has 132 valence electrons. The predicted octanol–water partition coefficient (Wildman–Crippen LogP) is 0.180. The van der Waals surface area contributed by atoms with Crippen molar-refractivity contribution < 1.29 is 29.6 Å². The van der Waals surface area contributed by atoms with Gasteiger partial charge in [0.1, 0.15) is 30.0 Å². The van der Waals surface area contributed by atoms with Crippen LogP contribution in [0.15, 0.2) is 10.2 Å². The van der Waals surface area contributed by atoms with Gasteiger partial charge in [0.2, 0.25) is 0 Å². The third-order valence-electron chi connectivity index (χ3n) is 4.04. The third-order valence-corrected chi connectivity index (χ3v) is 4.04. The Morgan fingerprint density at radius 2 is 2.12 bits per heavy atom. The van der Waals surface area contributed by atoms with Gasteiger partial charge in [-0.2, -0.15) is 0 Å². The molecule has 0 amide bonds. The molecule has 14 nitrogen and oxygen atoms in total.